The van der Waals surface area contributed by atoms with Crippen LogP contribution in [0.25, 0.3) is 0 Å². The molecule has 0 saturated carbocycles. The van der Waals surface area contributed by atoms with Gasteiger partial charge in [-0.1, -0.05) is 76.6 Å². The molecule has 376 valence electrons. The summed E-state index contributed by atoms with van der Waals surface area (Å²) in [5.74, 6) is -3.01. The number of fused-ring (bicyclic) bond motifs is 1. The number of rotatable bonds is 19. The van der Waals surface area contributed by atoms with Gasteiger partial charge in [0.2, 0.25) is 35.4 Å². The number of hydrogen-bond donors (Lipinski definition) is 5. The number of benzene rings is 2. The molecule has 6 rings (SSSR count). The first-order valence-corrected chi connectivity index (χ1v) is 25.2. The second-order valence-corrected chi connectivity index (χ2v) is 20.9. The molecule has 1 aliphatic carbocycles. The standard InChI is InChI=1S/C53H76N8O8/c1-9-16-41(57-47(64)32(2)54-7)50(67)61-31-35(26-43(61)51(68)59-23-12-13-24-59)28-45(63)38-20-14-19-37(29-38)44(62)27-34-25-42(49(66)56-40-22-15-18-36-17-10-11-21-39(36)40)60(30-34)52(69)46(53(4,5)6)58-48(65)33(3)55-8/h10-11,14,17,19-21,29,32-35,40-43,46,54-55H,9,12-13,15-16,18,22-28,30-31H2,1-8H3,(H,56,66)(H,57,64)(H,58,65)/t32-,33-,34+,35+,40+,41-,42-,43-,46+/m0/s1. The molecule has 0 radical (unpaired) electrons. The molecule has 0 unspecified atom stereocenters. The third-order valence-electron chi connectivity index (χ3n) is 14.7. The van der Waals surface area contributed by atoms with E-state index in [0.29, 0.717) is 43.5 Å². The predicted molar refractivity (Wildman–Crippen MR) is 263 cm³/mol. The first-order valence-electron chi connectivity index (χ1n) is 25.2. The van der Waals surface area contributed by atoms with Crippen molar-refractivity contribution in [1.82, 2.24) is 41.3 Å². The van der Waals surface area contributed by atoms with Crippen molar-refractivity contribution in [3.63, 3.8) is 0 Å². The van der Waals surface area contributed by atoms with Crippen LogP contribution in [-0.2, 0) is 35.2 Å². The van der Waals surface area contributed by atoms with E-state index in [-0.39, 0.29) is 85.4 Å². The first kappa shape index (κ1) is 52.9. The highest BCUT2D eigenvalue weighted by atomic mass is 16.2. The summed E-state index contributed by atoms with van der Waals surface area (Å²) < 4.78 is 0. The molecule has 69 heavy (non-hydrogen) atoms. The van der Waals surface area contributed by atoms with Gasteiger partial charge in [-0.05, 0) is 114 Å². The van der Waals surface area contributed by atoms with Crippen LogP contribution in [0.3, 0.4) is 0 Å². The van der Waals surface area contributed by atoms with Gasteiger partial charge in [-0.3, -0.25) is 38.4 Å². The average Bonchev–Trinajstić information content (AvgIpc) is 4.13. The molecule has 0 spiro atoms. The molecule has 0 bridgehead atoms. The summed E-state index contributed by atoms with van der Waals surface area (Å²) >= 11 is 0. The third-order valence-corrected chi connectivity index (χ3v) is 14.7. The summed E-state index contributed by atoms with van der Waals surface area (Å²) in [5.41, 5.74) is 2.19. The molecule has 3 aliphatic heterocycles. The van der Waals surface area contributed by atoms with Gasteiger partial charge in [-0.25, -0.2) is 0 Å². The molecule has 6 amide bonds. The lowest BCUT2D eigenvalue weighted by Gasteiger charge is -2.36. The van der Waals surface area contributed by atoms with Gasteiger partial charge >= 0.3 is 0 Å². The van der Waals surface area contributed by atoms with E-state index in [1.807, 2.05) is 45.9 Å². The fraction of sp³-hybridized carbons (Fsp3) is 0.623. The molecule has 3 saturated heterocycles. The zero-order valence-corrected chi connectivity index (χ0v) is 42.0. The third kappa shape index (κ3) is 12.8. The summed E-state index contributed by atoms with van der Waals surface area (Å²) in [7, 11) is 3.33. The number of ketones is 2. The van der Waals surface area contributed by atoms with Gasteiger partial charge in [0.15, 0.2) is 11.6 Å². The van der Waals surface area contributed by atoms with E-state index in [9.17, 15) is 38.4 Å². The summed E-state index contributed by atoms with van der Waals surface area (Å²) in [6.45, 7) is 12.5. The largest absolute Gasteiger partial charge is 0.347 e. The Kier molecular flexibility index (Phi) is 17.9. The van der Waals surface area contributed by atoms with Gasteiger partial charge in [-0.2, -0.15) is 0 Å². The Labute approximate surface area is 408 Å². The van der Waals surface area contributed by atoms with Crippen molar-refractivity contribution in [3.8, 4) is 0 Å². The molecule has 3 heterocycles. The van der Waals surface area contributed by atoms with Crippen LogP contribution in [-0.4, -0.2) is 138 Å². The normalized spacial score (nSPS) is 23.1. The number of likely N-dealkylation sites (N-methyl/N-ethyl adjacent to an activating group) is 2. The Morgan fingerprint density at radius 1 is 0.710 bits per heavy atom. The van der Waals surface area contributed by atoms with Crippen LogP contribution in [0.2, 0.25) is 0 Å². The smallest absolute Gasteiger partial charge is 0.246 e. The Bertz CT molecular complexity index is 2220. The number of Topliss-reactive ketones (excluding diaryl/α,β-unsaturated/α-hetero) is 2. The minimum absolute atomic E-state index is 0.0172. The maximum Gasteiger partial charge on any atom is 0.246 e. The second kappa shape index (κ2) is 23.4. The molecular formula is C53H76N8O8. The van der Waals surface area contributed by atoms with E-state index in [0.717, 1.165) is 37.7 Å². The summed E-state index contributed by atoms with van der Waals surface area (Å²) in [5, 5.41) is 14.9. The molecule has 2 aromatic rings. The molecule has 2 aromatic carbocycles. The molecule has 16 heteroatoms. The number of aryl methyl sites for hydroxylation is 1. The summed E-state index contributed by atoms with van der Waals surface area (Å²) in [4.78, 5) is 116. The summed E-state index contributed by atoms with van der Waals surface area (Å²) in [6, 6.07) is 9.92. The Balaban J connectivity index is 1.18. The lowest BCUT2D eigenvalue weighted by molar-refractivity contribution is -0.145. The Morgan fingerprint density at radius 2 is 1.28 bits per heavy atom. The highest BCUT2D eigenvalue weighted by Gasteiger charge is 2.47. The van der Waals surface area contributed by atoms with E-state index < -0.39 is 53.5 Å². The van der Waals surface area contributed by atoms with Crippen LogP contribution in [0.5, 0.6) is 0 Å². The minimum atomic E-state index is -0.951. The van der Waals surface area contributed by atoms with Crippen LogP contribution in [0.15, 0.2) is 48.5 Å². The fourth-order valence-corrected chi connectivity index (χ4v) is 10.4. The van der Waals surface area contributed by atoms with Crippen molar-refractivity contribution < 1.29 is 38.4 Å². The van der Waals surface area contributed by atoms with E-state index in [2.05, 4.69) is 32.7 Å². The number of likely N-dealkylation sites (tertiary alicyclic amines) is 3. The second-order valence-electron chi connectivity index (χ2n) is 20.9. The van der Waals surface area contributed by atoms with E-state index in [4.69, 9.17) is 0 Å². The number of carbonyl (C=O) groups excluding carboxylic acids is 8. The van der Waals surface area contributed by atoms with Gasteiger partial charge in [-0.15, -0.1) is 0 Å². The number of carbonyl (C=O) groups is 8. The molecular weight excluding hydrogens is 877 g/mol. The quantitative estimate of drug-likeness (QED) is 0.128. The first-order chi connectivity index (χ1) is 32.8. The van der Waals surface area contributed by atoms with Crippen molar-refractivity contribution in [2.24, 2.45) is 17.3 Å². The van der Waals surface area contributed by atoms with Crippen molar-refractivity contribution in [2.45, 2.75) is 154 Å². The van der Waals surface area contributed by atoms with Gasteiger partial charge in [0.25, 0.3) is 0 Å². The van der Waals surface area contributed by atoms with Gasteiger partial charge in [0, 0.05) is 50.1 Å². The zero-order valence-electron chi connectivity index (χ0n) is 42.0. The van der Waals surface area contributed by atoms with Crippen LogP contribution in [0, 0.1) is 17.3 Å². The number of nitrogens with one attached hydrogen (secondary N) is 5. The topological polar surface area (TPSA) is 206 Å². The molecule has 16 nitrogen and oxygen atoms in total. The Morgan fingerprint density at radius 3 is 1.86 bits per heavy atom. The van der Waals surface area contributed by atoms with E-state index >= 15 is 0 Å². The minimum Gasteiger partial charge on any atom is -0.347 e. The number of amides is 6. The molecule has 4 aliphatic rings. The molecule has 0 aromatic heterocycles. The number of nitrogens with zero attached hydrogens (tertiary/aromatic N) is 3. The van der Waals surface area contributed by atoms with Crippen molar-refractivity contribution >= 4 is 47.0 Å². The van der Waals surface area contributed by atoms with Gasteiger partial charge in [0.05, 0.1) is 18.1 Å². The SMILES string of the molecule is CCC[C@H](NC(=O)[C@H](C)NC)C(=O)N1C[C@@H](CC(=O)c2cccc(C(=O)C[C@H]3C[C@@H](C(=O)N[C@@H]4CCCc5ccccc54)N(C(=O)[C@@H](NC(=O)[C@H](C)NC)C(C)(C)C)C3)c2)C[C@H]1C(=O)N1CCCC1. The average molecular weight is 953 g/mol. The van der Waals surface area contributed by atoms with Crippen LogP contribution in [0.1, 0.15) is 144 Å². The monoisotopic (exact) mass is 953 g/mol. The lowest BCUT2D eigenvalue weighted by atomic mass is 9.85. The number of hydrogen-bond acceptors (Lipinski definition) is 10. The Hall–Kier alpha value is -5.48. The van der Waals surface area contributed by atoms with Crippen LogP contribution in [0.4, 0.5) is 0 Å². The van der Waals surface area contributed by atoms with Crippen LogP contribution >= 0.6 is 0 Å². The van der Waals surface area contributed by atoms with Crippen molar-refractivity contribution in [1.29, 1.82) is 0 Å². The maximum atomic E-state index is 14.7. The lowest BCUT2D eigenvalue weighted by Crippen LogP contribution is -2.59. The van der Waals surface area contributed by atoms with Crippen molar-refractivity contribution in [2.75, 3.05) is 40.3 Å². The highest BCUT2D eigenvalue weighted by Crippen LogP contribution is 2.35. The van der Waals surface area contributed by atoms with Crippen molar-refractivity contribution in [3.05, 3.63) is 70.8 Å². The molecule has 3 fully saturated rings. The highest BCUT2D eigenvalue weighted by molar-refractivity contribution is 6.02. The van der Waals surface area contributed by atoms with E-state index in [1.165, 1.54) is 5.56 Å². The van der Waals surface area contributed by atoms with Gasteiger partial charge < -0.3 is 41.3 Å². The van der Waals surface area contributed by atoms with E-state index in [1.54, 1.807) is 66.9 Å². The summed E-state index contributed by atoms with van der Waals surface area (Å²) in [6.07, 6.45) is 6.00. The predicted octanol–water partition coefficient (Wildman–Crippen LogP) is 4.11. The fourth-order valence-electron chi connectivity index (χ4n) is 10.4. The van der Waals surface area contributed by atoms with Crippen LogP contribution < -0.4 is 26.6 Å². The van der Waals surface area contributed by atoms with Gasteiger partial charge in [0.1, 0.15) is 24.2 Å². The molecule has 5 N–H and O–H groups in total. The zero-order chi connectivity index (χ0) is 50.2. The maximum absolute atomic E-state index is 14.7. The molecule has 9 atom stereocenters.